The van der Waals surface area contributed by atoms with Gasteiger partial charge in [0.2, 0.25) is 0 Å². The van der Waals surface area contributed by atoms with E-state index in [0.29, 0.717) is 30.1 Å². The van der Waals surface area contributed by atoms with Gasteiger partial charge in [-0.05, 0) is 59.2 Å². The van der Waals surface area contributed by atoms with Crippen LogP contribution in [0.25, 0.3) is 5.69 Å². The highest BCUT2D eigenvalue weighted by Crippen LogP contribution is 2.40. The number of aryl methyl sites for hydroxylation is 1. The first-order chi connectivity index (χ1) is 17.6. The summed E-state index contributed by atoms with van der Waals surface area (Å²) in [6, 6.07) is 9.98. The molecule has 3 aromatic heterocycles. The Morgan fingerprint density at radius 3 is 2.83 bits per heavy atom. The van der Waals surface area contributed by atoms with E-state index in [9.17, 15) is 0 Å². The van der Waals surface area contributed by atoms with Gasteiger partial charge in [0.25, 0.3) is 0 Å². The molecule has 5 heterocycles. The molecule has 0 radical (unpaired) electrons. The number of benzene rings is 1. The summed E-state index contributed by atoms with van der Waals surface area (Å²) >= 11 is 6.22. The molecule has 2 aliphatic rings. The normalized spacial score (nSPS) is 16.6. The Morgan fingerprint density at radius 1 is 1.14 bits per heavy atom. The molecular weight excluding hydrogens is 478 g/mol. The lowest BCUT2D eigenvalue weighted by Crippen LogP contribution is -2.57. The van der Waals surface area contributed by atoms with E-state index in [1.165, 1.54) is 5.56 Å². The molecule has 0 amide bonds. The number of anilines is 1. The van der Waals surface area contributed by atoms with Gasteiger partial charge in [0.15, 0.2) is 0 Å². The van der Waals surface area contributed by atoms with E-state index in [4.69, 9.17) is 21.3 Å². The van der Waals surface area contributed by atoms with E-state index in [1.54, 1.807) is 11.0 Å². The van der Waals surface area contributed by atoms with Crippen molar-refractivity contribution in [2.75, 3.05) is 31.2 Å². The van der Waals surface area contributed by atoms with E-state index in [0.717, 1.165) is 61.1 Å². The zero-order valence-electron chi connectivity index (χ0n) is 20.1. The Labute approximate surface area is 214 Å². The summed E-state index contributed by atoms with van der Waals surface area (Å²) in [7, 11) is 0. The summed E-state index contributed by atoms with van der Waals surface area (Å²) in [6.07, 6.45) is 6.70. The molecule has 36 heavy (non-hydrogen) atoms. The third-order valence-electron chi connectivity index (χ3n) is 7.04. The maximum atomic E-state index is 6.22. The summed E-state index contributed by atoms with van der Waals surface area (Å²) in [5.41, 5.74) is 5.58. The van der Waals surface area contributed by atoms with Crippen LogP contribution in [0.5, 0.6) is 0 Å². The average molecular weight is 506 g/mol. The third kappa shape index (κ3) is 4.71. The molecule has 2 fully saturated rings. The van der Waals surface area contributed by atoms with Gasteiger partial charge in [0, 0.05) is 60.7 Å². The lowest BCUT2D eigenvalue weighted by Gasteiger charge is -2.48. The maximum absolute atomic E-state index is 6.22. The molecule has 2 aliphatic heterocycles. The van der Waals surface area contributed by atoms with E-state index >= 15 is 0 Å². The fourth-order valence-electron chi connectivity index (χ4n) is 5.04. The average Bonchev–Trinajstić information content (AvgIpc) is 3.62. The van der Waals surface area contributed by atoms with Crippen LogP contribution in [-0.4, -0.2) is 61.3 Å². The fourth-order valence-corrected chi connectivity index (χ4v) is 5.23. The highest BCUT2D eigenvalue weighted by molar-refractivity contribution is 6.30. The molecule has 1 aromatic carbocycles. The summed E-state index contributed by atoms with van der Waals surface area (Å²) < 4.78 is 9.19. The number of halogens is 1. The molecule has 11 heteroatoms. The lowest BCUT2D eigenvalue weighted by molar-refractivity contribution is 0.131. The third-order valence-corrected chi connectivity index (χ3v) is 7.28. The molecule has 1 N–H and O–H groups in total. The van der Waals surface area contributed by atoms with Crippen molar-refractivity contribution in [2.24, 2.45) is 5.41 Å². The fraction of sp³-hybridized carbons (Fsp3) is 0.400. The predicted octanol–water partition coefficient (Wildman–Crippen LogP) is 2.78. The van der Waals surface area contributed by atoms with Gasteiger partial charge in [-0.25, -0.2) is 9.67 Å². The largest absolute Gasteiger partial charge is 0.381 e. The van der Waals surface area contributed by atoms with Crippen LogP contribution in [0.3, 0.4) is 0 Å². The Bertz CT molecular complexity index is 1340. The minimum atomic E-state index is 0.357. The van der Waals surface area contributed by atoms with Crippen molar-refractivity contribution < 1.29 is 4.74 Å². The predicted molar refractivity (Wildman–Crippen MR) is 135 cm³/mol. The van der Waals surface area contributed by atoms with Crippen LogP contribution in [0, 0.1) is 12.3 Å². The summed E-state index contributed by atoms with van der Waals surface area (Å²) in [5, 5.41) is 20.1. The second kappa shape index (κ2) is 9.61. The number of hydrogen-bond donors (Lipinski definition) is 1. The molecule has 0 unspecified atom stereocenters. The van der Waals surface area contributed by atoms with Gasteiger partial charge in [-0.15, -0.1) is 5.10 Å². The number of hydrogen-bond acceptors (Lipinski definition) is 8. The van der Waals surface area contributed by atoms with Gasteiger partial charge < -0.3 is 15.0 Å². The minimum Gasteiger partial charge on any atom is -0.381 e. The smallest absolute Gasteiger partial charge is 0.143 e. The second-order valence-corrected chi connectivity index (χ2v) is 10.2. The monoisotopic (exact) mass is 505 g/mol. The van der Waals surface area contributed by atoms with Crippen molar-refractivity contribution in [2.45, 2.75) is 33.0 Å². The van der Waals surface area contributed by atoms with Gasteiger partial charge in [-0.1, -0.05) is 17.7 Å². The molecule has 6 rings (SSSR count). The Kier molecular flexibility index (Phi) is 6.16. The van der Waals surface area contributed by atoms with Gasteiger partial charge in [-0.2, -0.15) is 5.10 Å². The van der Waals surface area contributed by atoms with E-state index in [2.05, 4.69) is 56.1 Å². The number of pyridine rings is 1. The molecule has 0 bridgehead atoms. The van der Waals surface area contributed by atoms with E-state index in [1.807, 2.05) is 29.1 Å². The Morgan fingerprint density at radius 2 is 2.06 bits per heavy atom. The molecule has 0 aliphatic carbocycles. The number of tetrazole rings is 1. The Balaban J connectivity index is 1.05. The SMILES string of the molecule is Cc1nc(N2CC3(CCOC3)C2)ccc1Cn1cc(CNCc2cc(Cl)ccc2-n2cnnn2)cn1. The lowest BCUT2D eigenvalue weighted by atomic mass is 9.79. The van der Waals surface area contributed by atoms with Crippen LogP contribution in [0.1, 0.15) is 28.8 Å². The summed E-state index contributed by atoms with van der Waals surface area (Å²) in [4.78, 5) is 7.23. The van der Waals surface area contributed by atoms with Crippen molar-refractivity contribution in [3.8, 4) is 5.69 Å². The van der Waals surface area contributed by atoms with Crippen LogP contribution >= 0.6 is 11.6 Å². The number of nitrogens with one attached hydrogen (secondary N) is 1. The number of rotatable bonds is 8. The number of aromatic nitrogens is 7. The van der Waals surface area contributed by atoms with Gasteiger partial charge in [0.1, 0.15) is 12.1 Å². The second-order valence-electron chi connectivity index (χ2n) is 9.75. The molecule has 10 nitrogen and oxygen atoms in total. The van der Waals surface area contributed by atoms with Crippen LogP contribution in [-0.2, 0) is 24.4 Å². The minimum absolute atomic E-state index is 0.357. The van der Waals surface area contributed by atoms with Gasteiger partial charge in [0.05, 0.1) is 25.0 Å². The molecule has 2 saturated heterocycles. The first-order valence-electron chi connectivity index (χ1n) is 12.1. The molecule has 186 valence electrons. The van der Waals surface area contributed by atoms with Crippen LogP contribution < -0.4 is 10.2 Å². The summed E-state index contributed by atoms with van der Waals surface area (Å²) in [6.45, 7) is 7.93. The standard InChI is InChI=1S/C25H28ClN9O/c1-18-20(2-5-24(30-18)33-14-25(15-33)6-7-36-16-25)13-34-12-19(10-29-34)9-27-11-21-8-22(26)3-4-23(21)35-17-28-31-32-35/h2-5,8,10,12,17,27H,6-7,9,11,13-16H2,1H3. The zero-order chi connectivity index (χ0) is 24.5. The zero-order valence-corrected chi connectivity index (χ0v) is 20.9. The van der Waals surface area contributed by atoms with Crippen molar-refractivity contribution >= 4 is 17.4 Å². The number of ether oxygens (including phenoxy) is 1. The van der Waals surface area contributed by atoms with Crippen LogP contribution in [0.15, 0.2) is 49.1 Å². The quantitative estimate of drug-likeness (QED) is 0.390. The van der Waals surface area contributed by atoms with Crippen LogP contribution in [0.4, 0.5) is 5.82 Å². The van der Waals surface area contributed by atoms with Crippen molar-refractivity contribution in [1.29, 1.82) is 0 Å². The highest BCUT2D eigenvalue weighted by atomic mass is 35.5. The van der Waals surface area contributed by atoms with Gasteiger partial charge in [-0.3, -0.25) is 4.68 Å². The van der Waals surface area contributed by atoms with Crippen molar-refractivity contribution in [1.82, 2.24) is 40.3 Å². The first kappa shape index (κ1) is 23.1. The van der Waals surface area contributed by atoms with E-state index < -0.39 is 0 Å². The topological polar surface area (TPSA) is 98.8 Å². The van der Waals surface area contributed by atoms with Gasteiger partial charge >= 0.3 is 0 Å². The maximum Gasteiger partial charge on any atom is 0.143 e. The van der Waals surface area contributed by atoms with Crippen LogP contribution in [0.2, 0.25) is 5.02 Å². The highest BCUT2D eigenvalue weighted by Gasteiger charge is 2.46. The first-order valence-corrected chi connectivity index (χ1v) is 12.5. The molecule has 4 aromatic rings. The van der Waals surface area contributed by atoms with Crippen molar-refractivity contribution in [3.63, 3.8) is 0 Å². The molecule has 0 saturated carbocycles. The van der Waals surface area contributed by atoms with E-state index in [-0.39, 0.29) is 0 Å². The molecule has 1 spiro atoms. The molecule has 0 atom stereocenters. The Hall–Kier alpha value is -3.34. The number of nitrogens with zero attached hydrogens (tertiary/aromatic N) is 8. The summed E-state index contributed by atoms with van der Waals surface area (Å²) in [5.74, 6) is 1.06. The van der Waals surface area contributed by atoms with Crippen molar-refractivity contribution in [3.05, 3.63) is 76.5 Å². The molecular formula is C25H28ClN9O.